The normalized spacial score (nSPS) is 11.0. The Hall–Kier alpha value is -3.68. The fourth-order valence-electron chi connectivity index (χ4n) is 2.36. The third kappa shape index (κ3) is 3.39. The van der Waals surface area contributed by atoms with Gasteiger partial charge in [-0.25, -0.2) is 9.78 Å². The minimum atomic E-state index is -0.556. The molecule has 0 saturated heterocycles. The van der Waals surface area contributed by atoms with Crippen molar-refractivity contribution in [2.24, 2.45) is 0 Å². The minimum Gasteiger partial charge on any atom is -0.493 e. The molecule has 0 radical (unpaired) electrons. The Bertz CT molecular complexity index is 1050. The molecule has 0 saturated carbocycles. The molecule has 0 aliphatic heterocycles. The Labute approximate surface area is 147 Å². The summed E-state index contributed by atoms with van der Waals surface area (Å²) in [6, 6.07) is 9.05. The molecule has 26 heavy (non-hydrogen) atoms. The quantitative estimate of drug-likeness (QED) is 0.511. The predicted octanol–water partition coefficient (Wildman–Crippen LogP) is 3.28. The maximum absolute atomic E-state index is 12.2. The van der Waals surface area contributed by atoms with E-state index in [1.165, 1.54) is 38.5 Å². The molecule has 0 unspecified atom stereocenters. The van der Waals surface area contributed by atoms with Gasteiger partial charge in [0, 0.05) is 30.3 Å². The van der Waals surface area contributed by atoms with Gasteiger partial charge in [0.15, 0.2) is 11.5 Å². The number of nitrogens with zero attached hydrogens (tertiary/aromatic N) is 2. The van der Waals surface area contributed by atoms with Crippen molar-refractivity contribution in [3.8, 4) is 11.5 Å². The number of aromatic nitrogens is 1. The molecule has 0 aliphatic carbocycles. The van der Waals surface area contributed by atoms with E-state index in [1.807, 2.05) is 0 Å². The Balaban J connectivity index is 1.97. The van der Waals surface area contributed by atoms with Crippen molar-refractivity contribution in [2.75, 3.05) is 14.2 Å². The minimum absolute atomic E-state index is 0.00134. The predicted molar refractivity (Wildman–Crippen MR) is 95.4 cm³/mol. The number of hydrogen-bond acceptors (Lipinski definition) is 7. The third-order valence-corrected chi connectivity index (χ3v) is 3.67. The highest BCUT2D eigenvalue weighted by atomic mass is 16.6. The van der Waals surface area contributed by atoms with Crippen LogP contribution in [0, 0.1) is 10.1 Å². The summed E-state index contributed by atoms with van der Waals surface area (Å²) in [6.07, 6.45) is 3.15. The molecular formula is C18H14N2O6. The monoisotopic (exact) mass is 354 g/mol. The van der Waals surface area contributed by atoms with E-state index in [0.29, 0.717) is 22.6 Å². The van der Waals surface area contributed by atoms with Crippen LogP contribution in [0.15, 0.2) is 45.6 Å². The topological polar surface area (TPSA) is 105 Å². The highest BCUT2D eigenvalue weighted by Crippen LogP contribution is 2.30. The van der Waals surface area contributed by atoms with Gasteiger partial charge in [-0.2, -0.15) is 0 Å². The zero-order chi connectivity index (χ0) is 18.7. The van der Waals surface area contributed by atoms with Crippen LogP contribution in [-0.2, 0) is 0 Å². The molecule has 2 aromatic carbocycles. The molecule has 0 fully saturated rings. The van der Waals surface area contributed by atoms with E-state index in [2.05, 4.69) is 4.98 Å². The van der Waals surface area contributed by atoms with Gasteiger partial charge in [0.05, 0.1) is 30.0 Å². The first kappa shape index (κ1) is 17.2. The number of methoxy groups -OCH3 is 2. The van der Waals surface area contributed by atoms with Gasteiger partial charge in [0.2, 0.25) is 5.89 Å². The average Bonchev–Trinajstić information content (AvgIpc) is 2.65. The number of benzene rings is 2. The maximum Gasteiger partial charge on any atom is 0.347 e. The highest BCUT2D eigenvalue weighted by molar-refractivity contribution is 5.82. The largest absolute Gasteiger partial charge is 0.493 e. The third-order valence-electron chi connectivity index (χ3n) is 3.67. The van der Waals surface area contributed by atoms with Crippen molar-refractivity contribution in [1.29, 1.82) is 0 Å². The number of nitro benzene ring substituents is 1. The second-order valence-corrected chi connectivity index (χ2v) is 5.25. The van der Waals surface area contributed by atoms with E-state index in [-0.39, 0.29) is 17.0 Å². The summed E-state index contributed by atoms with van der Waals surface area (Å²) < 4.78 is 15.6. The van der Waals surface area contributed by atoms with Gasteiger partial charge in [-0.05, 0) is 23.8 Å². The first-order valence-electron chi connectivity index (χ1n) is 7.51. The molecule has 0 atom stereocenters. The lowest BCUT2D eigenvalue weighted by Crippen LogP contribution is -2.04. The van der Waals surface area contributed by atoms with Gasteiger partial charge in [0.1, 0.15) is 0 Å². The first-order valence-corrected chi connectivity index (χ1v) is 7.51. The first-order chi connectivity index (χ1) is 12.5. The smallest absolute Gasteiger partial charge is 0.347 e. The zero-order valence-electron chi connectivity index (χ0n) is 14.0. The van der Waals surface area contributed by atoms with E-state index in [1.54, 1.807) is 24.3 Å². The van der Waals surface area contributed by atoms with Crippen LogP contribution < -0.4 is 15.1 Å². The molecule has 1 heterocycles. The Morgan fingerprint density at radius 2 is 1.73 bits per heavy atom. The molecule has 3 rings (SSSR count). The molecule has 3 aromatic rings. The lowest BCUT2D eigenvalue weighted by Gasteiger charge is -2.08. The summed E-state index contributed by atoms with van der Waals surface area (Å²) in [5.41, 5.74) is 0.549. The van der Waals surface area contributed by atoms with E-state index < -0.39 is 10.5 Å². The number of ether oxygens (including phenoxy) is 2. The van der Waals surface area contributed by atoms with Gasteiger partial charge in [-0.3, -0.25) is 10.1 Å². The zero-order valence-corrected chi connectivity index (χ0v) is 14.0. The lowest BCUT2D eigenvalue weighted by molar-refractivity contribution is -0.384. The Morgan fingerprint density at radius 3 is 2.35 bits per heavy atom. The summed E-state index contributed by atoms with van der Waals surface area (Å²) in [7, 11) is 2.96. The van der Waals surface area contributed by atoms with Gasteiger partial charge in [0.25, 0.3) is 5.69 Å². The van der Waals surface area contributed by atoms with E-state index >= 15 is 0 Å². The van der Waals surface area contributed by atoms with Crippen LogP contribution in [-0.4, -0.2) is 24.1 Å². The standard InChI is InChI=1S/C18H14N2O6/c1-24-15-9-13-14(10-16(15)25-2)19-17(26-18(13)21)8-5-11-3-6-12(7-4-11)20(22)23/h3-10H,1-2H3. The number of nitro groups is 1. The van der Waals surface area contributed by atoms with Crippen LogP contribution in [0.3, 0.4) is 0 Å². The van der Waals surface area contributed by atoms with E-state index in [4.69, 9.17) is 13.9 Å². The van der Waals surface area contributed by atoms with Crippen LogP contribution in [0.5, 0.6) is 11.5 Å². The van der Waals surface area contributed by atoms with Crippen molar-refractivity contribution < 1.29 is 18.8 Å². The SMILES string of the molecule is COc1cc2nc(C=Cc3ccc([N+](=O)[O-])cc3)oc(=O)c2cc1OC. The van der Waals surface area contributed by atoms with Crippen LogP contribution in [0.2, 0.25) is 0 Å². The Kier molecular flexibility index (Phi) is 4.66. The number of hydrogen-bond donors (Lipinski definition) is 0. The molecule has 0 bridgehead atoms. The second-order valence-electron chi connectivity index (χ2n) is 5.25. The Morgan fingerprint density at radius 1 is 1.08 bits per heavy atom. The van der Waals surface area contributed by atoms with E-state index in [9.17, 15) is 14.9 Å². The molecular weight excluding hydrogens is 340 g/mol. The van der Waals surface area contributed by atoms with Crippen LogP contribution >= 0.6 is 0 Å². The van der Waals surface area contributed by atoms with Crippen LogP contribution in [0.1, 0.15) is 11.5 Å². The summed E-state index contributed by atoms with van der Waals surface area (Å²) in [6.45, 7) is 0. The molecule has 0 amide bonds. The number of rotatable bonds is 5. The summed E-state index contributed by atoms with van der Waals surface area (Å²) >= 11 is 0. The van der Waals surface area contributed by atoms with Gasteiger partial charge in [-0.15, -0.1) is 0 Å². The summed E-state index contributed by atoms with van der Waals surface area (Å²) in [4.78, 5) is 26.7. The number of fused-ring (bicyclic) bond motifs is 1. The second kappa shape index (κ2) is 7.06. The molecule has 1 aromatic heterocycles. The highest BCUT2D eigenvalue weighted by Gasteiger charge is 2.11. The molecule has 132 valence electrons. The van der Waals surface area contributed by atoms with Gasteiger partial charge >= 0.3 is 5.63 Å². The molecule has 0 N–H and O–H groups in total. The summed E-state index contributed by atoms with van der Waals surface area (Å²) in [5, 5.41) is 10.9. The molecule has 0 spiro atoms. The van der Waals surface area contributed by atoms with Crippen molar-refractivity contribution in [3.63, 3.8) is 0 Å². The van der Waals surface area contributed by atoms with Gasteiger partial charge < -0.3 is 13.9 Å². The van der Waals surface area contributed by atoms with Crippen molar-refractivity contribution in [1.82, 2.24) is 4.98 Å². The molecule has 0 aliphatic rings. The summed E-state index contributed by atoms with van der Waals surface area (Å²) in [5.74, 6) is 0.958. The van der Waals surface area contributed by atoms with Crippen molar-refractivity contribution in [3.05, 3.63) is 68.4 Å². The molecule has 8 nitrogen and oxygen atoms in total. The fraction of sp³-hybridized carbons (Fsp3) is 0.111. The average molecular weight is 354 g/mol. The fourth-order valence-corrected chi connectivity index (χ4v) is 2.36. The maximum atomic E-state index is 12.2. The van der Waals surface area contributed by atoms with Crippen LogP contribution in [0.4, 0.5) is 5.69 Å². The van der Waals surface area contributed by atoms with Crippen molar-refractivity contribution >= 4 is 28.7 Å². The van der Waals surface area contributed by atoms with Crippen molar-refractivity contribution in [2.45, 2.75) is 0 Å². The van der Waals surface area contributed by atoms with E-state index in [0.717, 1.165) is 0 Å². The molecule has 8 heteroatoms. The van der Waals surface area contributed by atoms with Crippen LogP contribution in [0.25, 0.3) is 23.1 Å². The lowest BCUT2D eigenvalue weighted by atomic mass is 10.2. The number of non-ortho nitro benzene ring substituents is 1. The van der Waals surface area contributed by atoms with Gasteiger partial charge in [-0.1, -0.05) is 0 Å².